The van der Waals surface area contributed by atoms with Gasteiger partial charge in [0, 0.05) is 0 Å². The molecule has 0 bridgehead atoms. The summed E-state index contributed by atoms with van der Waals surface area (Å²) in [6, 6.07) is 0. The fourth-order valence-electron chi connectivity index (χ4n) is 15.9. The van der Waals surface area contributed by atoms with Crippen molar-refractivity contribution in [2.24, 2.45) is 0 Å². The van der Waals surface area contributed by atoms with Crippen molar-refractivity contribution in [3.63, 3.8) is 0 Å². The van der Waals surface area contributed by atoms with E-state index in [4.69, 9.17) is 0 Å². The Balaban J connectivity index is 2.19. The van der Waals surface area contributed by atoms with Crippen LogP contribution in [0, 0.1) is 0 Å². The number of hydrogen-bond acceptors (Lipinski definition) is 0. The molecule has 0 N–H and O–H groups in total. The molecule has 10 rings (SSSR count). The van der Waals surface area contributed by atoms with Gasteiger partial charge in [-0.05, 0) is 0 Å². The van der Waals surface area contributed by atoms with E-state index in [-0.39, 0.29) is 0 Å². The molecule has 0 nitrogen and oxygen atoms in total. The van der Waals surface area contributed by atoms with Gasteiger partial charge in [-0.3, -0.25) is 0 Å². The monoisotopic (exact) mass is 342 g/mol. The Kier molecular flexibility index (Phi) is 0.113. The van der Waals surface area contributed by atoms with Crippen LogP contribution in [-0.2, 0) is 6.51 Å². The Morgan fingerprint density at radius 1 is 0.692 bits per heavy atom. The summed E-state index contributed by atoms with van der Waals surface area (Å²) >= 11 is 8.67. The number of halogens is 2. The molecule has 0 aromatic heterocycles. The number of rotatable bonds is 0. The van der Waals surface area contributed by atoms with Crippen LogP contribution in [0.4, 0.5) is 0 Å². The molecule has 10 saturated heterocycles. The van der Waals surface area contributed by atoms with Gasteiger partial charge in [0.2, 0.25) is 0 Å². The number of alkyl halides is 2. The van der Waals surface area contributed by atoms with Crippen molar-refractivity contribution in [1.82, 2.24) is 0 Å². The van der Waals surface area contributed by atoms with Crippen LogP contribution in [-0.4, -0.2) is 6.45 Å². The van der Waals surface area contributed by atoms with Gasteiger partial charge in [0.25, 0.3) is 0 Å². The molecule has 13 heavy (non-hydrogen) atoms. The molecule has 0 aliphatic carbocycles. The molecule has 70 valence electrons. The van der Waals surface area contributed by atoms with Crippen LogP contribution in [0.5, 0.6) is 0 Å². The van der Waals surface area contributed by atoms with Crippen molar-refractivity contribution in [2.45, 2.75) is 45.0 Å². The SMILES string of the molecule is Br[C]12[CH]3[CH]4[CH]5[CH]1[Fe]45321678[CH]2[CH]1[CH]6[C]7(Br)[CH]28. The van der Waals surface area contributed by atoms with Crippen molar-refractivity contribution in [2.75, 3.05) is 0 Å². The van der Waals surface area contributed by atoms with Gasteiger partial charge < -0.3 is 0 Å². The van der Waals surface area contributed by atoms with Crippen LogP contribution in [0.1, 0.15) is 0 Å². The maximum atomic E-state index is 4.34. The molecule has 0 saturated carbocycles. The summed E-state index contributed by atoms with van der Waals surface area (Å²) in [5, 5.41) is 0. The van der Waals surface area contributed by atoms with Gasteiger partial charge in [0.1, 0.15) is 0 Å². The normalized spacial score (nSPS) is 158. The standard InChI is InChI=1S/2C5H4Br.Fe/c2*6-5-3-1-2-4-5;/h2*1-4H;. The fourth-order valence-corrected chi connectivity index (χ4v) is 115. The molecule has 10 fully saturated rings. The van der Waals surface area contributed by atoms with Gasteiger partial charge in [-0.25, -0.2) is 0 Å². The molecule has 0 aromatic carbocycles. The number of fused-ring (bicyclic) bond motifs is 10. The number of hydrogen-bond donors (Lipinski definition) is 0. The Morgan fingerprint density at radius 2 is 1.00 bits per heavy atom. The first-order valence-electron chi connectivity index (χ1n) is 5.52. The maximum absolute atomic E-state index is 4.34. The van der Waals surface area contributed by atoms with Gasteiger partial charge in [0.15, 0.2) is 0 Å². The minimum atomic E-state index is -2.79. The molecule has 0 aromatic rings. The second-order valence-electron chi connectivity index (χ2n) is 9.59. The fraction of sp³-hybridized carbons (Fsp3) is 1.00. The van der Waals surface area contributed by atoms with Crippen molar-refractivity contribution < 1.29 is 6.51 Å². The molecule has 10 aliphatic rings. The second kappa shape index (κ2) is 0.309. The van der Waals surface area contributed by atoms with Crippen molar-refractivity contribution in [1.29, 1.82) is 0 Å². The second-order valence-corrected chi connectivity index (χ2v) is 36.8. The first kappa shape index (κ1) is 4.77. The topological polar surface area (TPSA) is 0 Å². The van der Waals surface area contributed by atoms with E-state index in [2.05, 4.69) is 31.9 Å². The molecule has 8 atom stereocenters. The predicted octanol–water partition coefficient (Wildman–Crippen LogP) is 3.98. The average molecular weight is 344 g/mol. The molecular weight excluding hydrogens is 336 g/mol. The first-order valence-corrected chi connectivity index (χ1v) is 13.3. The molecule has 10 heterocycles. The third-order valence-corrected chi connectivity index (χ3v) is 71.3. The van der Waals surface area contributed by atoms with E-state index < -0.39 is 6.51 Å². The van der Waals surface area contributed by atoms with E-state index >= 15 is 0 Å². The summed E-state index contributed by atoms with van der Waals surface area (Å²) in [5.74, 6) is 0. The molecular formula is C10H8Br2Fe. The average Bonchev–Trinajstić information content (AvgIpc) is 3.01. The van der Waals surface area contributed by atoms with Gasteiger partial charge in [-0.2, -0.15) is 0 Å². The van der Waals surface area contributed by atoms with Crippen molar-refractivity contribution in [3.05, 3.63) is 0 Å². The van der Waals surface area contributed by atoms with Gasteiger partial charge in [0.05, 0.1) is 0 Å². The molecule has 1 spiro atoms. The molecule has 0 radical (unpaired) electrons. The summed E-state index contributed by atoms with van der Waals surface area (Å²) in [6.07, 6.45) is 0. The summed E-state index contributed by atoms with van der Waals surface area (Å²) in [4.78, 5) is 11.2. The van der Waals surface area contributed by atoms with E-state index in [1.165, 1.54) is 38.5 Å². The van der Waals surface area contributed by atoms with E-state index in [1.54, 1.807) is 0 Å². The Labute approximate surface area is 82.7 Å². The van der Waals surface area contributed by atoms with E-state index in [9.17, 15) is 0 Å². The van der Waals surface area contributed by atoms with Crippen molar-refractivity contribution in [3.8, 4) is 0 Å². The molecule has 10 aliphatic heterocycles. The predicted molar refractivity (Wildman–Crippen MR) is 53.3 cm³/mol. The summed E-state index contributed by atoms with van der Waals surface area (Å²) in [7, 11) is 0. The zero-order valence-corrected chi connectivity index (χ0v) is 11.0. The van der Waals surface area contributed by atoms with Gasteiger partial charge in [-0.1, -0.05) is 0 Å². The van der Waals surface area contributed by atoms with Gasteiger partial charge in [-0.15, -0.1) is 0 Å². The third-order valence-electron chi connectivity index (χ3n) is 14.5. The summed E-state index contributed by atoms with van der Waals surface area (Å²) in [6.45, 7) is -2.79. The Hall–Kier alpha value is 1.48. The van der Waals surface area contributed by atoms with E-state index in [0.29, 0.717) is 0 Å². The molecule has 3 heteroatoms. The summed E-state index contributed by atoms with van der Waals surface area (Å²) in [5.41, 5.74) is 0. The van der Waals surface area contributed by atoms with Gasteiger partial charge >= 0.3 is 83.3 Å². The summed E-state index contributed by atoms with van der Waals surface area (Å²) < 4.78 is 1.84. The minimum absolute atomic E-state index is 0.922. The van der Waals surface area contributed by atoms with Crippen LogP contribution in [0.15, 0.2) is 0 Å². The van der Waals surface area contributed by atoms with Crippen LogP contribution in [0.2, 0.25) is 38.5 Å². The molecule has 8 unspecified atom stereocenters. The molecule has 0 amide bonds. The zero-order valence-electron chi connectivity index (χ0n) is 6.73. The van der Waals surface area contributed by atoms with Crippen molar-refractivity contribution >= 4 is 31.9 Å². The van der Waals surface area contributed by atoms with Crippen LogP contribution < -0.4 is 0 Å². The first-order chi connectivity index (χ1) is 5.93. The van der Waals surface area contributed by atoms with Crippen LogP contribution in [0.3, 0.4) is 0 Å². The quantitative estimate of drug-likeness (QED) is 0.461. The van der Waals surface area contributed by atoms with E-state index in [0.717, 1.165) is 6.45 Å². The van der Waals surface area contributed by atoms with Crippen LogP contribution in [0.25, 0.3) is 0 Å². The zero-order chi connectivity index (χ0) is 7.94. The Bertz CT molecular complexity index is 829. The third kappa shape index (κ3) is 0.0343. The van der Waals surface area contributed by atoms with E-state index in [1.807, 2.05) is 0 Å². The van der Waals surface area contributed by atoms with Crippen LogP contribution >= 0.6 is 31.9 Å². The Morgan fingerprint density at radius 3 is 1.00 bits per heavy atom.